The topological polar surface area (TPSA) is 115 Å². The predicted octanol–water partition coefficient (Wildman–Crippen LogP) is 6.38. The number of rotatable bonds is 12. The number of halogens is 3. The highest BCUT2D eigenvalue weighted by Crippen LogP contribution is 2.40. The van der Waals surface area contributed by atoms with Crippen LogP contribution in [-0.2, 0) is 37.0 Å². The Morgan fingerprint density at radius 2 is 1.77 bits per heavy atom. The van der Waals surface area contributed by atoms with Crippen molar-refractivity contribution in [1.82, 2.24) is 29.5 Å². The predicted molar refractivity (Wildman–Crippen MR) is 192 cm³/mol. The Labute approximate surface area is 305 Å². The van der Waals surface area contributed by atoms with Gasteiger partial charge in [0.1, 0.15) is 0 Å². The number of thioether (sulfide) groups is 1. The molecule has 6 rings (SSSR count). The lowest BCUT2D eigenvalue weighted by atomic mass is 9.93. The van der Waals surface area contributed by atoms with E-state index in [1.54, 1.807) is 33.8 Å². The molecule has 0 spiro atoms. The molecule has 1 atom stereocenters. The molecule has 1 fully saturated rings. The van der Waals surface area contributed by atoms with E-state index in [0.29, 0.717) is 36.7 Å². The molecule has 2 aliphatic heterocycles. The quantitative estimate of drug-likeness (QED) is 0.161. The van der Waals surface area contributed by atoms with E-state index in [2.05, 4.69) is 16.0 Å². The van der Waals surface area contributed by atoms with Crippen LogP contribution in [0.5, 0.6) is 0 Å². The number of alkyl halides is 3. The molecule has 10 nitrogen and oxygen atoms in total. The lowest BCUT2D eigenvalue weighted by Crippen LogP contribution is -2.40. The van der Waals surface area contributed by atoms with E-state index in [9.17, 15) is 33.0 Å². The molecule has 2 aromatic heterocycles. The van der Waals surface area contributed by atoms with Crippen LogP contribution in [0.3, 0.4) is 0 Å². The first-order chi connectivity index (χ1) is 25.0. The zero-order chi connectivity index (χ0) is 36.8. The van der Waals surface area contributed by atoms with Crippen molar-refractivity contribution in [3.05, 3.63) is 101 Å². The van der Waals surface area contributed by atoms with E-state index in [-0.39, 0.29) is 42.7 Å². The molecule has 1 unspecified atom stereocenters. The fraction of sp³-hybridized carbons (Fsp3) is 0.421. The molecule has 4 aromatic rings. The molecule has 2 aromatic carbocycles. The Bertz CT molecular complexity index is 1830. The van der Waals surface area contributed by atoms with E-state index in [4.69, 9.17) is 5.10 Å². The number of fused-ring (bicyclic) bond motifs is 1. The number of aliphatic hydroxyl groups is 1. The Hall–Kier alpha value is -4.40. The van der Waals surface area contributed by atoms with Gasteiger partial charge in [-0.15, -0.1) is 11.8 Å². The van der Waals surface area contributed by atoms with Gasteiger partial charge in [-0.3, -0.25) is 14.5 Å². The molecule has 276 valence electrons. The number of piperidine rings is 1. The summed E-state index contributed by atoms with van der Waals surface area (Å²) < 4.78 is 44.4. The fourth-order valence-electron chi connectivity index (χ4n) is 7.06. The number of aromatic nitrogens is 3. The highest BCUT2D eigenvalue weighted by molar-refractivity contribution is 7.99. The monoisotopic (exact) mass is 736 g/mol. The first-order valence-corrected chi connectivity index (χ1v) is 18.5. The van der Waals surface area contributed by atoms with E-state index < -0.39 is 23.9 Å². The summed E-state index contributed by atoms with van der Waals surface area (Å²) in [4.78, 5) is 33.9. The third-order valence-electron chi connectivity index (χ3n) is 9.79. The minimum Gasteiger partial charge on any atom is -0.465 e. The molecule has 0 aliphatic carbocycles. The van der Waals surface area contributed by atoms with Crippen molar-refractivity contribution in [2.75, 3.05) is 38.5 Å². The van der Waals surface area contributed by atoms with Gasteiger partial charge in [0.15, 0.2) is 0 Å². The van der Waals surface area contributed by atoms with Crippen LogP contribution in [0, 0.1) is 0 Å². The molecule has 0 saturated carbocycles. The summed E-state index contributed by atoms with van der Waals surface area (Å²) in [6.45, 7) is 4.68. The number of carboxylic acid groups (broad SMARTS) is 1. The van der Waals surface area contributed by atoms with Crippen LogP contribution in [0.15, 0.2) is 77.8 Å². The number of aliphatic hydroxyl groups excluding tert-OH is 1. The number of nitrogens with zero attached hydrogens (tertiary/aromatic N) is 6. The number of carbonyl (C=O) groups excluding carboxylic acids is 1. The molecule has 2 aliphatic rings. The van der Waals surface area contributed by atoms with E-state index in [1.165, 1.54) is 24.0 Å². The third-order valence-corrected chi connectivity index (χ3v) is 10.8. The average Bonchev–Trinajstić information content (AvgIpc) is 3.49. The Morgan fingerprint density at radius 1 is 1.02 bits per heavy atom. The van der Waals surface area contributed by atoms with Gasteiger partial charge in [0.25, 0.3) is 0 Å². The average molecular weight is 737 g/mol. The number of likely N-dealkylation sites (tertiary alicyclic amines) is 1. The molecule has 52 heavy (non-hydrogen) atoms. The van der Waals surface area contributed by atoms with Crippen molar-refractivity contribution < 1.29 is 33.0 Å². The largest absolute Gasteiger partial charge is 0.465 e. The van der Waals surface area contributed by atoms with E-state index >= 15 is 0 Å². The number of hydrogen-bond donors (Lipinski definition) is 2. The summed E-state index contributed by atoms with van der Waals surface area (Å²) >= 11 is 0.944. The zero-order valence-corrected chi connectivity index (χ0v) is 29.8. The van der Waals surface area contributed by atoms with Crippen LogP contribution in [0.2, 0.25) is 0 Å². The van der Waals surface area contributed by atoms with Crippen molar-refractivity contribution in [2.24, 2.45) is 0 Å². The summed E-state index contributed by atoms with van der Waals surface area (Å²) in [5, 5.41) is 25.9. The second-order valence-electron chi connectivity index (χ2n) is 13.4. The molecule has 1 saturated heterocycles. The number of pyridine rings is 1. The van der Waals surface area contributed by atoms with Crippen LogP contribution in [0.1, 0.15) is 53.8 Å². The summed E-state index contributed by atoms with van der Waals surface area (Å²) in [5.74, 6) is 0.374. The van der Waals surface area contributed by atoms with Gasteiger partial charge in [0.2, 0.25) is 5.91 Å². The second kappa shape index (κ2) is 16.5. The van der Waals surface area contributed by atoms with Gasteiger partial charge in [-0.1, -0.05) is 42.5 Å². The lowest BCUT2D eigenvalue weighted by Gasteiger charge is -2.33. The summed E-state index contributed by atoms with van der Waals surface area (Å²) in [7, 11) is 0. The number of hydrogen-bond acceptors (Lipinski definition) is 7. The number of amides is 2. The summed E-state index contributed by atoms with van der Waals surface area (Å²) in [5.41, 5.74) is 3.59. The Balaban J connectivity index is 1.20. The standard InChI is InChI=1S/C38H43F3N6O4S/c1-26(48)45-18-14-34-31(25-45)36(43-47(34)24-30(49)23-44-16-12-28(13-17-44)33-9-5-6-15-42-33)29-10-11-32(38(39,40)41)35(21-29)52-20-19-46(37(50)51)22-27-7-3-2-4-8-27/h2-11,15,21,28,30,49H,12-14,16-20,22-25H2,1H3,(H,50,51). The van der Waals surface area contributed by atoms with Gasteiger partial charge in [-0.25, -0.2) is 4.79 Å². The number of carbonyl (C=O) groups is 2. The maximum absolute atomic E-state index is 14.2. The Morgan fingerprint density at radius 3 is 2.44 bits per heavy atom. The van der Waals surface area contributed by atoms with Crippen LogP contribution in [-0.4, -0.2) is 96.3 Å². The smallest absolute Gasteiger partial charge is 0.417 e. The Kier molecular flexibility index (Phi) is 11.9. The van der Waals surface area contributed by atoms with Crippen LogP contribution < -0.4 is 0 Å². The SMILES string of the molecule is CC(=O)N1CCc2c(c(-c3ccc(C(F)(F)F)c(SCCN(Cc4ccccc4)C(=O)O)c3)nn2CC(O)CN2CCC(c3ccccn3)CC2)C1. The minimum absolute atomic E-state index is 0.0206. The summed E-state index contributed by atoms with van der Waals surface area (Å²) in [6, 6.07) is 18.9. The van der Waals surface area contributed by atoms with Crippen LogP contribution in [0.25, 0.3) is 11.3 Å². The van der Waals surface area contributed by atoms with Gasteiger partial charge < -0.3 is 24.9 Å². The van der Waals surface area contributed by atoms with Gasteiger partial charge in [0.05, 0.1) is 23.9 Å². The first kappa shape index (κ1) is 37.4. The first-order valence-electron chi connectivity index (χ1n) is 17.5. The van der Waals surface area contributed by atoms with Crippen molar-refractivity contribution in [3.63, 3.8) is 0 Å². The van der Waals surface area contributed by atoms with Crippen molar-refractivity contribution in [2.45, 2.75) is 68.9 Å². The lowest BCUT2D eigenvalue weighted by molar-refractivity contribution is -0.139. The fourth-order valence-corrected chi connectivity index (χ4v) is 8.14. The molecule has 4 heterocycles. The van der Waals surface area contributed by atoms with Crippen molar-refractivity contribution in [1.29, 1.82) is 0 Å². The molecule has 14 heteroatoms. The number of benzene rings is 2. The molecule has 2 amide bonds. The zero-order valence-electron chi connectivity index (χ0n) is 29.0. The van der Waals surface area contributed by atoms with Crippen molar-refractivity contribution in [3.8, 4) is 11.3 Å². The molecule has 2 N–H and O–H groups in total. The van der Waals surface area contributed by atoms with E-state index in [0.717, 1.165) is 66.3 Å². The van der Waals surface area contributed by atoms with Crippen LogP contribution >= 0.6 is 11.8 Å². The second-order valence-corrected chi connectivity index (χ2v) is 14.5. The van der Waals surface area contributed by atoms with Crippen molar-refractivity contribution >= 4 is 23.8 Å². The van der Waals surface area contributed by atoms with Gasteiger partial charge >= 0.3 is 12.3 Å². The maximum Gasteiger partial charge on any atom is 0.417 e. The molecular formula is C38H43F3N6O4S. The molecular weight excluding hydrogens is 694 g/mol. The minimum atomic E-state index is -4.63. The third kappa shape index (κ3) is 9.14. The van der Waals surface area contributed by atoms with Crippen LogP contribution in [0.4, 0.5) is 18.0 Å². The van der Waals surface area contributed by atoms with Gasteiger partial charge in [-0.2, -0.15) is 18.3 Å². The maximum atomic E-state index is 14.2. The highest BCUT2D eigenvalue weighted by Gasteiger charge is 2.35. The molecule has 0 radical (unpaired) electrons. The normalized spacial score (nSPS) is 16.1. The molecule has 0 bridgehead atoms. The van der Waals surface area contributed by atoms with Gasteiger partial charge in [-0.05, 0) is 55.8 Å². The van der Waals surface area contributed by atoms with Gasteiger partial charge in [0, 0.05) is 91.3 Å². The summed E-state index contributed by atoms with van der Waals surface area (Å²) in [6.07, 6.45) is -2.31. The number of β-amino-alcohol motifs (C(OH)–C–C–N with tert-alkyl or cyclic N) is 1. The highest BCUT2D eigenvalue weighted by atomic mass is 32.2. The van der Waals surface area contributed by atoms with E-state index in [1.807, 2.05) is 24.4 Å².